The summed E-state index contributed by atoms with van der Waals surface area (Å²) in [5.41, 5.74) is 1.49. The molecule has 0 unspecified atom stereocenters. The number of anilines is 1. The van der Waals surface area contributed by atoms with Crippen molar-refractivity contribution in [3.63, 3.8) is 0 Å². The van der Waals surface area contributed by atoms with E-state index in [4.69, 9.17) is 4.74 Å². The largest absolute Gasteiger partial charge is 0.481 e. The minimum absolute atomic E-state index is 0.340. The Morgan fingerprint density at radius 2 is 1.92 bits per heavy atom. The minimum atomic E-state index is -0.742. The van der Waals surface area contributed by atoms with Gasteiger partial charge in [-0.05, 0) is 63.6 Å². The molecular formula is C19H25NO4. The molecule has 0 bridgehead atoms. The molecule has 0 atom stereocenters. The Labute approximate surface area is 142 Å². The van der Waals surface area contributed by atoms with Crippen LogP contribution in [0.25, 0.3) is 0 Å². The number of carbonyl (C=O) groups excluding carboxylic acids is 1. The number of carboxylic acid groups (broad SMARTS) is 1. The number of amides is 1. The Morgan fingerprint density at radius 1 is 1.21 bits per heavy atom. The number of hydrogen-bond acceptors (Lipinski definition) is 3. The van der Waals surface area contributed by atoms with Crippen molar-refractivity contribution < 1.29 is 19.4 Å². The Morgan fingerprint density at radius 3 is 2.46 bits per heavy atom. The summed E-state index contributed by atoms with van der Waals surface area (Å²) in [4.78, 5) is 25.8. The van der Waals surface area contributed by atoms with E-state index in [0.29, 0.717) is 19.4 Å². The first kappa shape index (κ1) is 16.8. The molecule has 0 aromatic heterocycles. The van der Waals surface area contributed by atoms with Gasteiger partial charge in [0.25, 0.3) is 0 Å². The van der Waals surface area contributed by atoms with Crippen molar-refractivity contribution in [1.82, 2.24) is 0 Å². The van der Waals surface area contributed by atoms with Crippen molar-refractivity contribution >= 4 is 17.7 Å². The van der Waals surface area contributed by atoms with E-state index in [9.17, 15) is 14.7 Å². The van der Waals surface area contributed by atoms with Gasteiger partial charge in [0, 0.05) is 6.54 Å². The molecule has 0 saturated heterocycles. The molecular weight excluding hydrogens is 306 g/mol. The van der Waals surface area contributed by atoms with Gasteiger partial charge in [0.1, 0.15) is 5.60 Å². The number of hydrogen-bond donors (Lipinski definition) is 1. The topological polar surface area (TPSA) is 66.8 Å². The summed E-state index contributed by atoms with van der Waals surface area (Å²) in [6, 6.07) is 5.74. The van der Waals surface area contributed by atoms with Crippen LogP contribution in [0.5, 0.6) is 0 Å². The molecule has 1 fully saturated rings. The van der Waals surface area contributed by atoms with Crippen LogP contribution in [0, 0.1) is 0 Å². The van der Waals surface area contributed by atoms with Gasteiger partial charge in [-0.25, -0.2) is 4.79 Å². The number of fused-ring (bicyclic) bond motifs is 1. The maximum Gasteiger partial charge on any atom is 0.414 e. The van der Waals surface area contributed by atoms with E-state index < -0.39 is 17.0 Å². The Balaban J connectivity index is 1.90. The molecule has 0 radical (unpaired) electrons. The zero-order chi connectivity index (χ0) is 17.5. The highest BCUT2D eigenvalue weighted by molar-refractivity contribution is 5.90. The normalized spacial score (nSPS) is 19.2. The summed E-state index contributed by atoms with van der Waals surface area (Å²) in [6.45, 7) is 6.19. The molecule has 1 saturated carbocycles. The van der Waals surface area contributed by atoms with Crippen LogP contribution in [0.4, 0.5) is 10.5 Å². The highest BCUT2D eigenvalue weighted by Gasteiger charge is 2.46. The van der Waals surface area contributed by atoms with Crippen LogP contribution >= 0.6 is 0 Å². The molecule has 1 aromatic rings. The third kappa shape index (κ3) is 2.87. The summed E-state index contributed by atoms with van der Waals surface area (Å²) in [5.74, 6) is -0.742. The quantitative estimate of drug-likeness (QED) is 0.893. The van der Waals surface area contributed by atoms with Gasteiger partial charge in [0.15, 0.2) is 0 Å². The summed E-state index contributed by atoms with van der Waals surface area (Å²) < 4.78 is 5.50. The van der Waals surface area contributed by atoms with Gasteiger partial charge in [-0.2, -0.15) is 0 Å². The van der Waals surface area contributed by atoms with Gasteiger partial charge in [0.2, 0.25) is 0 Å². The third-order valence-electron chi connectivity index (χ3n) is 4.98. The van der Waals surface area contributed by atoms with Gasteiger partial charge < -0.3 is 9.84 Å². The molecule has 130 valence electrons. The summed E-state index contributed by atoms with van der Waals surface area (Å²) >= 11 is 0. The van der Waals surface area contributed by atoms with E-state index in [-0.39, 0.29) is 6.09 Å². The zero-order valence-corrected chi connectivity index (χ0v) is 14.6. The molecule has 2 aliphatic rings. The number of aryl methyl sites for hydroxylation is 1. The van der Waals surface area contributed by atoms with Gasteiger partial charge in [-0.15, -0.1) is 0 Å². The van der Waals surface area contributed by atoms with Crippen LogP contribution in [0.2, 0.25) is 0 Å². The fraction of sp³-hybridized carbons (Fsp3) is 0.579. The smallest absolute Gasteiger partial charge is 0.414 e. The highest BCUT2D eigenvalue weighted by atomic mass is 16.6. The monoisotopic (exact) mass is 331 g/mol. The zero-order valence-electron chi connectivity index (χ0n) is 14.6. The lowest BCUT2D eigenvalue weighted by Gasteiger charge is -2.39. The molecule has 1 amide bonds. The number of carboxylic acids is 1. The molecule has 0 spiro atoms. The van der Waals surface area contributed by atoms with Crippen molar-refractivity contribution in [3.05, 3.63) is 29.3 Å². The average Bonchev–Trinajstić information content (AvgIpc) is 2.43. The number of ether oxygens (including phenoxy) is 1. The number of benzene rings is 1. The van der Waals surface area contributed by atoms with E-state index >= 15 is 0 Å². The van der Waals surface area contributed by atoms with Crippen LogP contribution in [0.1, 0.15) is 57.6 Å². The van der Waals surface area contributed by atoms with Crippen molar-refractivity contribution in [1.29, 1.82) is 0 Å². The molecule has 1 aromatic carbocycles. The van der Waals surface area contributed by atoms with E-state index in [1.807, 2.05) is 39.0 Å². The van der Waals surface area contributed by atoms with Crippen molar-refractivity contribution in [2.45, 2.75) is 63.9 Å². The lowest BCUT2D eigenvalue weighted by Crippen LogP contribution is -2.43. The van der Waals surface area contributed by atoms with E-state index in [0.717, 1.165) is 36.1 Å². The SMILES string of the molecule is CC(C)(C)OC(=O)N1CCCc2cc(C3(C(=O)O)CCC3)ccc21. The lowest BCUT2D eigenvalue weighted by atomic mass is 9.64. The van der Waals surface area contributed by atoms with E-state index in [1.165, 1.54) is 0 Å². The van der Waals surface area contributed by atoms with Gasteiger partial charge in [-0.3, -0.25) is 9.69 Å². The van der Waals surface area contributed by atoms with Gasteiger partial charge >= 0.3 is 12.1 Å². The second-order valence-electron chi connectivity index (χ2n) is 7.82. The number of nitrogens with zero attached hydrogens (tertiary/aromatic N) is 1. The van der Waals surface area contributed by atoms with Gasteiger partial charge in [0.05, 0.1) is 11.1 Å². The minimum Gasteiger partial charge on any atom is -0.481 e. The maximum absolute atomic E-state index is 12.4. The van der Waals surface area contributed by atoms with Crippen LogP contribution in [0.15, 0.2) is 18.2 Å². The summed E-state index contributed by atoms with van der Waals surface area (Å²) in [6.07, 6.45) is 3.71. The van der Waals surface area contributed by atoms with Crippen LogP contribution in [-0.4, -0.2) is 29.3 Å². The van der Waals surface area contributed by atoms with Crippen LogP contribution < -0.4 is 4.90 Å². The number of rotatable bonds is 2. The predicted molar refractivity (Wildman–Crippen MR) is 91.5 cm³/mol. The average molecular weight is 331 g/mol. The highest BCUT2D eigenvalue weighted by Crippen LogP contribution is 2.45. The second-order valence-corrected chi connectivity index (χ2v) is 7.82. The molecule has 1 aliphatic carbocycles. The predicted octanol–water partition coefficient (Wildman–Crippen LogP) is 3.88. The third-order valence-corrected chi connectivity index (χ3v) is 4.98. The van der Waals surface area contributed by atoms with Crippen LogP contribution in [-0.2, 0) is 21.4 Å². The van der Waals surface area contributed by atoms with E-state index in [2.05, 4.69) is 0 Å². The summed E-state index contributed by atoms with van der Waals surface area (Å²) in [5, 5.41) is 9.62. The fourth-order valence-electron chi connectivity index (χ4n) is 3.56. The molecule has 1 N–H and O–H groups in total. The number of aliphatic carboxylic acids is 1. The van der Waals surface area contributed by atoms with E-state index in [1.54, 1.807) is 4.90 Å². The first-order valence-corrected chi connectivity index (χ1v) is 8.60. The van der Waals surface area contributed by atoms with Crippen molar-refractivity contribution in [3.8, 4) is 0 Å². The van der Waals surface area contributed by atoms with Gasteiger partial charge in [-0.1, -0.05) is 18.6 Å². The standard InChI is InChI=1S/C19H25NO4/c1-18(2,3)24-17(23)20-11-4-6-13-12-14(7-8-15(13)20)19(16(21)22)9-5-10-19/h7-8,12H,4-6,9-11H2,1-3H3,(H,21,22). The molecule has 5 nitrogen and oxygen atoms in total. The number of carbonyl (C=O) groups is 2. The molecule has 1 aliphatic heterocycles. The molecule has 5 heteroatoms. The lowest BCUT2D eigenvalue weighted by molar-refractivity contribution is -0.147. The fourth-order valence-corrected chi connectivity index (χ4v) is 3.56. The summed E-state index contributed by atoms with van der Waals surface area (Å²) in [7, 11) is 0. The van der Waals surface area contributed by atoms with Crippen molar-refractivity contribution in [2.24, 2.45) is 0 Å². The van der Waals surface area contributed by atoms with Crippen molar-refractivity contribution in [2.75, 3.05) is 11.4 Å². The van der Waals surface area contributed by atoms with Crippen LogP contribution in [0.3, 0.4) is 0 Å². The molecule has 3 rings (SSSR count). The Kier molecular flexibility index (Phi) is 4.06. The first-order valence-electron chi connectivity index (χ1n) is 8.60. The Hall–Kier alpha value is -2.04. The second kappa shape index (κ2) is 5.80. The first-order chi connectivity index (χ1) is 11.2. The molecule has 24 heavy (non-hydrogen) atoms. The molecule has 1 heterocycles. The maximum atomic E-state index is 12.4. The Bertz CT molecular complexity index is 670.